The van der Waals surface area contributed by atoms with Gasteiger partial charge in [0.1, 0.15) is 12.4 Å². The molecular weight excluding hydrogens is 324 g/mol. The molecule has 0 radical (unpaired) electrons. The van der Waals surface area contributed by atoms with E-state index in [1.165, 1.54) is 5.56 Å². The maximum absolute atomic E-state index is 13.5. The van der Waals surface area contributed by atoms with Crippen LogP contribution in [0.5, 0.6) is 0 Å². The number of fused-ring (bicyclic) bond motifs is 5. The highest BCUT2D eigenvalue weighted by atomic mass is 16.5. The Morgan fingerprint density at radius 1 is 1.08 bits per heavy atom. The molecule has 2 aromatic carbocycles. The molecule has 4 nitrogen and oxygen atoms in total. The van der Waals surface area contributed by atoms with E-state index in [9.17, 15) is 4.79 Å². The molecule has 0 bridgehead atoms. The Kier molecular flexibility index (Phi) is 4.29. The second-order valence-corrected chi connectivity index (χ2v) is 6.97. The Morgan fingerprint density at radius 2 is 1.81 bits per heavy atom. The minimum atomic E-state index is 0.0714. The lowest BCUT2D eigenvalue weighted by atomic mass is 9.98. The number of hydrogen-bond donors (Lipinski definition) is 0. The first-order valence-corrected chi connectivity index (χ1v) is 9.21. The summed E-state index contributed by atoms with van der Waals surface area (Å²) in [5.41, 5.74) is 5.14. The Bertz CT molecular complexity index is 971. The number of hydrogen-bond acceptors (Lipinski definition) is 2. The minimum Gasteiger partial charge on any atom is -0.361 e. The van der Waals surface area contributed by atoms with Crippen molar-refractivity contribution in [2.24, 2.45) is 0 Å². The van der Waals surface area contributed by atoms with Crippen LogP contribution < -0.4 is 0 Å². The molecule has 1 aliphatic rings. The maximum atomic E-state index is 13.5. The fourth-order valence-electron chi connectivity index (χ4n) is 3.83. The topological polar surface area (TPSA) is 34.5 Å². The minimum absolute atomic E-state index is 0.0714. The molecule has 0 spiro atoms. The first-order chi connectivity index (χ1) is 12.6. The van der Waals surface area contributed by atoms with Crippen LogP contribution in [0.2, 0.25) is 0 Å². The third-order valence-corrected chi connectivity index (χ3v) is 5.11. The van der Waals surface area contributed by atoms with Gasteiger partial charge in [0.15, 0.2) is 0 Å². The normalized spacial score (nSPS) is 13.8. The molecule has 1 amide bonds. The molecule has 0 aliphatic carbocycles. The lowest BCUT2D eigenvalue weighted by Gasteiger charge is -2.26. The lowest BCUT2D eigenvalue weighted by molar-refractivity contribution is 0.0634. The molecule has 0 fully saturated rings. The van der Waals surface area contributed by atoms with Crippen molar-refractivity contribution in [2.45, 2.75) is 40.1 Å². The number of benzene rings is 2. The van der Waals surface area contributed by atoms with E-state index in [1.807, 2.05) is 40.7 Å². The number of para-hydroxylation sites is 1. The van der Waals surface area contributed by atoms with Gasteiger partial charge in [-0.1, -0.05) is 42.5 Å². The molecule has 4 rings (SSSR count). The Labute approximate surface area is 154 Å². The molecule has 1 aromatic heterocycles. The van der Waals surface area contributed by atoms with Gasteiger partial charge in [-0.05, 0) is 38.0 Å². The van der Waals surface area contributed by atoms with E-state index >= 15 is 0 Å². The highest BCUT2D eigenvalue weighted by molar-refractivity contribution is 6.11. The average Bonchev–Trinajstić information content (AvgIpc) is 2.91. The van der Waals surface area contributed by atoms with Crippen molar-refractivity contribution >= 4 is 16.8 Å². The largest absolute Gasteiger partial charge is 0.361 e. The van der Waals surface area contributed by atoms with E-state index in [0.717, 1.165) is 27.7 Å². The van der Waals surface area contributed by atoms with Crippen molar-refractivity contribution in [2.75, 3.05) is 6.61 Å². The van der Waals surface area contributed by atoms with Gasteiger partial charge in [0, 0.05) is 30.1 Å². The summed E-state index contributed by atoms with van der Waals surface area (Å²) in [7, 11) is 0. The fraction of sp³-hybridized carbons (Fsp3) is 0.318. The first kappa shape index (κ1) is 16.9. The molecule has 0 N–H and O–H groups in total. The van der Waals surface area contributed by atoms with E-state index in [1.54, 1.807) is 0 Å². The van der Waals surface area contributed by atoms with Crippen molar-refractivity contribution in [3.63, 3.8) is 0 Å². The summed E-state index contributed by atoms with van der Waals surface area (Å²) in [6.07, 6.45) is 0. The average molecular weight is 348 g/mol. The number of amides is 1. The van der Waals surface area contributed by atoms with E-state index in [4.69, 9.17) is 4.74 Å². The van der Waals surface area contributed by atoms with Gasteiger partial charge in [-0.2, -0.15) is 0 Å². The summed E-state index contributed by atoms with van der Waals surface area (Å²) in [5.74, 6) is 0.0714. The monoisotopic (exact) mass is 348 g/mol. The molecule has 1 aliphatic heterocycles. The van der Waals surface area contributed by atoms with Crippen LogP contribution in [0.1, 0.15) is 36.8 Å². The highest BCUT2D eigenvalue weighted by Crippen LogP contribution is 2.40. The second-order valence-electron chi connectivity index (χ2n) is 6.97. The Hall–Kier alpha value is -2.59. The fourth-order valence-corrected chi connectivity index (χ4v) is 3.83. The molecule has 2 heterocycles. The lowest BCUT2D eigenvalue weighted by Crippen LogP contribution is -2.36. The van der Waals surface area contributed by atoms with Crippen molar-refractivity contribution in [3.05, 3.63) is 59.8 Å². The van der Waals surface area contributed by atoms with E-state index in [0.29, 0.717) is 19.9 Å². The quantitative estimate of drug-likeness (QED) is 0.687. The molecule has 3 aromatic rings. The van der Waals surface area contributed by atoms with Crippen LogP contribution in [-0.2, 0) is 18.0 Å². The van der Waals surface area contributed by atoms with Crippen LogP contribution in [0, 0.1) is 0 Å². The van der Waals surface area contributed by atoms with Crippen LogP contribution >= 0.6 is 0 Å². The number of carbonyl (C=O) groups is 1. The highest BCUT2D eigenvalue weighted by Gasteiger charge is 2.32. The first-order valence-electron chi connectivity index (χ1n) is 9.21. The zero-order chi connectivity index (χ0) is 18.3. The standard InChI is InChI=1S/C22H24N2O2/c1-4-26-14-24-19-12-8-7-11-18(19)20-17-10-6-5-9-16(17)13-23(15(2)3)22(25)21(20)24/h5-12,15H,4,13-14H2,1-3H3. The van der Waals surface area contributed by atoms with Gasteiger partial charge in [-0.15, -0.1) is 0 Å². The molecule has 0 saturated carbocycles. The van der Waals surface area contributed by atoms with Crippen molar-refractivity contribution in [1.29, 1.82) is 0 Å². The molecule has 26 heavy (non-hydrogen) atoms. The van der Waals surface area contributed by atoms with Crippen molar-refractivity contribution in [1.82, 2.24) is 9.47 Å². The third kappa shape index (κ3) is 2.53. The summed E-state index contributed by atoms with van der Waals surface area (Å²) in [4.78, 5) is 15.5. The summed E-state index contributed by atoms with van der Waals surface area (Å²) in [6.45, 7) is 7.74. The van der Waals surface area contributed by atoms with Gasteiger partial charge in [0.05, 0.1) is 5.52 Å². The van der Waals surface area contributed by atoms with Crippen LogP contribution in [0.4, 0.5) is 0 Å². The molecule has 4 heteroatoms. The predicted octanol–water partition coefficient (Wildman–Crippen LogP) is 4.67. The van der Waals surface area contributed by atoms with Gasteiger partial charge < -0.3 is 14.2 Å². The summed E-state index contributed by atoms with van der Waals surface area (Å²) >= 11 is 0. The van der Waals surface area contributed by atoms with Gasteiger partial charge in [-0.25, -0.2) is 0 Å². The zero-order valence-electron chi connectivity index (χ0n) is 15.5. The van der Waals surface area contributed by atoms with E-state index < -0.39 is 0 Å². The third-order valence-electron chi connectivity index (χ3n) is 5.11. The zero-order valence-corrected chi connectivity index (χ0v) is 15.5. The van der Waals surface area contributed by atoms with Crippen molar-refractivity contribution in [3.8, 4) is 11.1 Å². The number of aromatic nitrogens is 1. The molecular formula is C22H24N2O2. The number of carbonyl (C=O) groups excluding carboxylic acids is 1. The maximum Gasteiger partial charge on any atom is 0.271 e. The summed E-state index contributed by atoms with van der Waals surface area (Å²) in [6, 6.07) is 16.7. The van der Waals surface area contributed by atoms with Gasteiger partial charge in [-0.3, -0.25) is 4.79 Å². The Balaban J connectivity index is 2.09. The Morgan fingerprint density at radius 3 is 2.58 bits per heavy atom. The number of nitrogens with zero attached hydrogens (tertiary/aromatic N) is 2. The predicted molar refractivity (Wildman–Crippen MR) is 104 cm³/mol. The SMILES string of the molecule is CCOCn1c2c(c3ccccc31)-c1ccccc1CN(C(C)C)C2=O. The van der Waals surface area contributed by atoms with Crippen LogP contribution in [0.3, 0.4) is 0 Å². The molecule has 0 unspecified atom stereocenters. The van der Waals surface area contributed by atoms with Gasteiger partial charge >= 0.3 is 0 Å². The summed E-state index contributed by atoms with van der Waals surface area (Å²) < 4.78 is 7.75. The van der Waals surface area contributed by atoms with E-state index in [-0.39, 0.29) is 11.9 Å². The van der Waals surface area contributed by atoms with Crippen LogP contribution in [0.25, 0.3) is 22.0 Å². The van der Waals surface area contributed by atoms with Crippen LogP contribution in [-0.4, -0.2) is 28.0 Å². The van der Waals surface area contributed by atoms with Gasteiger partial charge in [0.2, 0.25) is 0 Å². The smallest absolute Gasteiger partial charge is 0.271 e. The van der Waals surface area contributed by atoms with E-state index in [2.05, 4.69) is 38.1 Å². The van der Waals surface area contributed by atoms with Gasteiger partial charge in [0.25, 0.3) is 5.91 Å². The molecule has 134 valence electrons. The molecule has 0 atom stereocenters. The van der Waals surface area contributed by atoms with Crippen molar-refractivity contribution < 1.29 is 9.53 Å². The summed E-state index contributed by atoms with van der Waals surface area (Å²) in [5, 5.41) is 1.11. The number of ether oxygens (including phenoxy) is 1. The van der Waals surface area contributed by atoms with Crippen LogP contribution in [0.15, 0.2) is 48.5 Å². The second kappa shape index (κ2) is 6.61. The number of rotatable bonds is 4. The molecule has 0 saturated heterocycles.